The summed E-state index contributed by atoms with van der Waals surface area (Å²) in [6.45, 7) is 3.77. The Hall–Kier alpha value is -2.04. The van der Waals surface area contributed by atoms with Crippen LogP contribution in [0.5, 0.6) is 0 Å². The molecule has 0 aliphatic carbocycles. The molecule has 0 spiro atoms. The van der Waals surface area contributed by atoms with Gasteiger partial charge in [-0.05, 0) is 13.3 Å². The molecule has 1 saturated heterocycles. The van der Waals surface area contributed by atoms with E-state index in [2.05, 4.69) is 17.4 Å². The average Bonchev–Trinajstić information content (AvgIpc) is 3.13. The van der Waals surface area contributed by atoms with E-state index in [1.54, 1.807) is 0 Å². The summed E-state index contributed by atoms with van der Waals surface area (Å²) in [5.41, 5.74) is 1.18. The molecule has 9 nitrogen and oxygen atoms in total. The van der Waals surface area contributed by atoms with Gasteiger partial charge in [0.2, 0.25) is 5.82 Å². The van der Waals surface area contributed by atoms with E-state index in [1.807, 2.05) is 0 Å². The van der Waals surface area contributed by atoms with Crippen LogP contribution in [0.2, 0.25) is 0 Å². The standard InChI is InChI=1S/C27H46FN3O6/c1-3-4-5-6-7-8-9-10-11-12-13-14-15-16-17-18-22(32)37-30-25-21(28)19-31(27(35)29-25)26-24(34)23(33)20(2)36-26/h19-20,23-24,26,33-34H,3-18H2,1-2H3,(H,29,30,35)/t20-,23-,24-,26-/m1/s1. The van der Waals surface area contributed by atoms with Crippen LogP contribution in [0.1, 0.15) is 123 Å². The van der Waals surface area contributed by atoms with Crippen LogP contribution in [0.15, 0.2) is 11.0 Å². The molecule has 10 heteroatoms. The number of ether oxygens (including phenoxy) is 1. The fourth-order valence-electron chi connectivity index (χ4n) is 4.55. The maximum atomic E-state index is 14.4. The maximum Gasteiger partial charge on any atom is 0.352 e. The zero-order valence-corrected chi connectivity index (χ0v) is 22.5. The lowest BCUT2D eigenvalue weighted by Crippen LogP contribution is -2.36. The van der Waals surface area contributed by atoms with Crippen molar-refractivity contribution in [3.63, 3.8) is 0 Å². The Bertz CT molecular complexity index is 852. The van der Waals surface area contributed by atoms with Crippen LogP contribution in [-0.4, -0.2) is 44.0 Å². The summed E-state index contributed by atoms with van der Waals surface area (Å²) in [5, 5.41) is 19.8. The Balaban J connectivity index is 1.52. The lowest BCUT2D eigenvalue weighted by molar-refractivity contribution is -0.140. The predicted octanol–water partition coefficient (Wildman–Crippen LogP) is 5.15. The van der Waals surface area contributed by atoms with Gasteiger partial charge in [-0.2, -0.15) is 10.5 Å². The van der Waals surface area contributed by atoms with Crippen LogP contribution in [-0.2, 0) is 14.4 Å². The molecule has 1 aromatic rings. The second-order valence-corrected chi connectivity index (χ2v) is 10.1. The zero-order valence-electron chi connectivity index (χ0n) is 22.5. The van der Waals surface area contributed by atoms with Gasteiger partial charge in [0.15, 0.2) is 12.0 Å². The Morgan fingerprint density at radius 1 is 0.973 bits per heavy atom. The normalized spacial score (nSPS) is 21.3. The van der Waals surface area contributed by atoms with Crippen LogP contribution in [0, 0.1) is 5.82 Å². The minimum atomic E-state index is -1.40. The molecule has 37 heavy (non-hydrogen) atoms. The third-order valence-corrected chi connectivity index (χ3v) is 6.90. The Labute approximate surface area is 219 Å². The van der Waals surface area contributed by atoms with E-state index >= 15 is 0 Å². The van der Waals surface area contributed by atoms with E-state index < -0.39 is 47.8 Å². The number of nitrogens with one attached hydrogen (secondary N) is 1. The van der Waals surface area contributed by atoms with E-state index in [0.29, 0.717) is 6.42 Å². The van der Waals surface area contributed by atoms with Gasteiger partial charge in [-0.25, -0.2) is 14.0 Å². The molecule has 0 aromatic carbocycles. The van der Waals surface area contributed by atoms with Crippen molar-refractivity contribution in [2.45, 2.75) is 141 Å². The maximum absolute atomic E-state index is 14.4. The fraction of sp³-hybridized carbons (Fsp3) is 0.815. The molecule has 1 aliphatic rings. The van der Waals surface area contributed by atoms with Crippen molar-refractivity contribution in [3.8, 4) is 0 Å². The fourth-order valence-corrected chi connectivity index (χ4v) is 4.55. The molecule has 1 fully saturated rings. The van der Waals surface area contributed by atoms with E-state index in [4.69, 9.17) is 9.57 Å². The summed E-state index contributed by atoms with van der Waals surface area (Å²) in [4.78, 5) is 32.5. The van der Waals surface area contributed by atoms with Gasteiger partial charge >= 0.3 is 11.7 Å². The number of hydrogen-bond acceptors (Lipinski definition) is 8. The van der Waals surface area contributed by atoms with Gasteiger partial charge in [0, 0.05) is 6.42 Å². The summed E-state index contributed by atoms with van der Waals surface area (Å²) in [5.74, 6) is -2.07. The van der Waals surface area contributed by atoms with Crippen molar-refractivity contribution in [1.29, 1.82) is 0 Å². The molecule has 4 atom stereocenters. The first kappa shape index (κ1) is 31.2. The lowest BCUT2D eigenvalue weighted by Gasteiger charge is -2.17. The Morgan fingerprint density at radius 2 is 1.49 bits per heavy atom. The largest absolute Gasteiger partial charge is 0.388 e. The summed E-state index contributed by atoms with van der Waals surface area (Å²) in [6, 6.07) is 0. The van der Waals surface area contributed by atoms with Crippen molar-refractivity contribution in [3.05, 3.63) is 22.5 Å². The summed E-state index contributed by atoms with van der Waals surface area (Å²) >= 11 is 0. The highest BCUT2D eigenvalue weighted by Crippen LogP contribution is 2.28. The molecule has 1 aromatic heterocycles. The minimum Gasteiger partial charge on any atom is -0.388 e. The van der Waals surface area contributed by atoms with Crippen molar-refractivity contribution >= 4 is 11.8 Å². The highest BCUT2D eigenvalue weighted by atomic mass is 19.1. The molecule has 3 N–H and O–H groups in total. The number of hydrogen-bond donors (Lipinski definition) is 3. The van der Waals surface area contributed by atoms with Crippen LogP contribution in [0.25, 0.3) is 0 Å². The topological polar surface area (TPSA) is 123 Å². The number of aliphatic hydroxyl groups is 2. The van der Waals surface area contributed by atoms with Crippen molar-refractivity contribution in [2.75, 3.05) is 5.48 Å². The van der Waals surface area contributed by atoms with Crippen molar-refractivity contribution in [2.24, 2.45) is 0 Å². The van der Waals surface area contributed by atoms with Crippen LogP contribution in [0.3, 0.4) is 0 Å². The summed E-state index contributed by atoms with van der Waals surface area (Å²) in [6.07, 6.45) is 14.8. The molecule has 0 amide bonds. The van der Waals surface area contributed by atoms with Crippen molar-refractivity contribution < 1.29 is 29.0 Å². The molecular formula is C27H46FN3O6. The highest BCUT2D eigenvalue weighted by Gasteiger charge is 2.42. The van der Waals surface area contributed by atoms with Gasteiger partial charge in [0.05, 0.1) is 12.3 Å². The molecule has 2 heterocycles. The van der Waals surface area contributed by atoms with Crippen molar-refractivity contribution in [1.82, 2.24) is 9.55 Å². The van der Waals surface area contributed by atoms with Crippen LogP contribution < -0.4 is 11.2 Å². The van der Waals surface area contributed by atoms with E-state index in [9.17, 15) is 24.2 Å². The van der Waals surface area contributed by atoms with Gasteiger partial charge in [-0.15, -0.1) is 0 Å². The first-order valence-electron chi connectivity index (χ1n) is 14.1. The Morgan fingerprint density at radius 3 is 1.97 bits per heavy atom. The van der Waals surface area contributed by atoms with E-state index in [0.717, 1.165) is 30.0 Å². The monoisotopic (exact) mass is 527 g/mol. The third-order valence-electron chi connectivity index (χ3n) is 6.90. The lowest BCUT2D eigenvalue weighted by atomic mass is 10.0. The molecule has 212 valence electrons. The first-order valence-corrected chi connectivity index (χ1v) is 14.1. The van der Waals surface area contributed by atoms with E-state index in [1.165, 1.54) is 77.6 Å². The SMILES string of the molecule is CCCCCCCCCCCCCCCCCC(=O)ONc1nc(=O)n([C@@H]2O[C@H](C)[C@@H](O)[C@H]2O)cc1F. The van der Waals surface area contributed by atoms with E-state index in [-0.39, 0.29) is 6.42 Å². The average molecular weight is 528 g/mol. The van der Waals surface area contributed by atoms with Gasteiger partial charge in [-0.1, -0.05) is 96.8 Å². The molecule has 0 bridgehead atoms. The predicted molar refractivity (Wildman–Crippen MR) is 139 cm³/mol. The minimum absolute atomic E-state index is 0.182. The summed E-state index contributed by atoms with van der Waals surface area (Å²) < 4.78 is 20.5. The molecule has 1 aliphatic heterocycles. The quantitative estimate of drug-likeness (QED) is 0.167. The molecule has 0 saturated carbocycles. The number of halogens is 1. The number of carbonyl (C=O) groups excluding carboxylic acids is 1. The molecular weight excluding hydrogens is 481 g/mol. The molecule has 2 rings (SSSR count). The van der Waals surface area contributed by atoms with Crippen LogP contribution in [0.4, 0.5) is 10.2 Å². The smallest absolute Gasteiger partial charge is 0.352 e. The molecule has 0 radical (unpaired) electrons. The number of anilines is 1. The number of rotatable bonds is 19. The van der Waals surface area contributed by atoms with Gasteiger partial charge in [-0.3, -0.25) is 4.57 Å². The third kappa shape index (κ3) is 11.1. The first-order chi connectivity index (χ1) is 17.8. The summed E-state index contributed by atoms with van der Waals surface area (Å²) in [7, 11) is 0. The van der Waals surface area contributed by atoms with Gasteiger partial charge < -0.3 is 19.8 Å². The number of nitrogens with zero attached hydrogens (tertiary/aromatic N) is 2. The number of carbonyl (C=O) groups is 1. The highest BCUT2D eigenvalue weighted by molar-refractivity contribution is 5.70. The van der Waals surface area contributed by atoms with Crippen LogP contribution >= 0.6 is 0 Å². The van der Waals surface area contributed by atoms with Gasteiger partial charge in [0.1, 0.15) is 12.2 Å². The number of unbranched alkanes of at least 4 members (excludes halogenated alkanes) is 14. The second kappa shape index (κ2) is 17.5. The second-order valence-electron chi connectivity index (χ2n) is 10.1. The molecule has 0 unspecified atom stereocenters. The number of aromatic nitrogens is 2. The van der Waals surface area contributed by atoms with Gasteiger partial charge in [0.25, 0.3) is 0 Å². The Kier molecular flexibility index (Phi) is 14.7. The zero-order chi connectivity index (χ0) is 27.0. The number of aliphatic hydroxyl groups excluding tert-OH is 2.